The Morgan fingerprint density at radius 1 is 1.04 bits per heavy atom. The third kappa shape index (κ3) is 4.98. The van der Waals surface area contributed by atoms with Gasteiger partial charge in [-0.1, -0.05) is 35.9 Å². The zero-order valence-electron chi connectivity index (χ0n) is 15.8. The van der Waals surface area contributed by atoms with E-state index in [1.807, 2.05) is 55.6 Å². The molecule has 0 bridgehead atoms. The van der Waals surface area contributed by atoms with E-state index in [1.165, 1.54) is 11.3 Å². The number of hydrogen-bond donors (Lipinski definition) is 2. The molecule has 0 spiro atoms. The Balaban J connectivity index is 1.81. The number of Topliss-reactive ketones (excluding diaryl/α,β-unsaturated/α-hetero) is 1. The average Bonchev–Trinajstić information content (AvgIpc) is 3.24. The molecule has 28 heavy (non-hydrogen) atoms. The van der Waals surface area contributed by atoms with Crippen LogP contribution in [0.15, 0.2) is 66.0 Å². The predicted molar refractivity (Wildman–Crippen MR) is 112 cm³/mol. The van der Waals surface area contributed by atoms with Crippen molar-refractivity contribution in [3.8, 4) is 5.75 Å². The lowest BCUT2D eigenvalue weighted by atomic mass is 10.1. The first kappa shape index (κ1) is 19.6. The molecule has 3 rings (SSSR count). The minimum absolute atomic E-state index is 0.209. The summed E-state index contributed by atoms with van der Waals surface area (Å²) in [6.07, 6.45) is -0.893. The molecule has 0 aliphatic rings. The van der Waals surface area contributed by atoms with Crippen molar-refractivity contribution in [3.63, 3.8) is 0 Å². The van der Waals surface area contributed by atoms with Gasteiger partial charge in [-0.25, -0.2) is 0 Å². The molecule has 144 valence electrons. The van der Waals surface area contributed by atoms with Gasteiger partial charge in [-0.3, -0.25) is 9.59 Å². The van der Waals surface area contributed by atoms with Gasteiger partial charge in [-0.2, -0.15) is 0 Å². The van der Waals surface area contributed by atoms with Crippen LogP contribution in [0.4, 0.5) is 5.69 Å². The summed E-state index contributed by atoms with van der Waals surface area (Å²) in [5.74, 6) is 0.245. The van der Waals surface area contributed by atoms with Gasteiger partial charge in [0.2, 0.25) is 5.78 Å². The van der Waals surface area contributed by atoms with Crippen molar-refractivity contribution in [1.82, 2.24) is 5.32 Å². The van der Waals surface area contributed by atoms with Crippen molar-refractivity contribution in [2.24, 2.45) is 0 Å². The van der Waals surface area contributed by atoms with Gasteiger partial charge < -0.3 is 15.4 Å². The van der Waals surface area contributed by atoms with Crippen molar-refractivity contribution in [2.45, 2.75) is 20.0 Å². The lowest BCUT2D eigenvalue weighted by Crippen LogP contribution is -2.46. The SMILES string of the molecule is CCOc1ccc(N[C@H](NC(=O)c2cccs2)C(=O)c2ccc(C)cc2)cc1. The number of ether oxygens (including phenoxy) is 1. The Kier molecular flexibility index (Phi) is 6.45. The van der Waals surface area contributed by atoms with Crippen molar-refractivity contribution >= 4 is 28.7 Å². The molecule has 0 aliphatic heterocycles. The minimum Gasteiger partial charge on any atom is -0.494 e. The van der Waals surface area contributed by atoms with Gasteiger partial charge in [0.25, 0.3) is 5.91 Å². The van der Waals surface area contributed by atoms with Crippen molar-refractivity contribution in [1.29, 1.82) is 0 Å². The standard InChI is InChI=1S/C22H22N2O3S/c1-3-27-18-12-10-17(11-13-18)23-21(24-22(26)19-5-4-14-28-19)20(25)16-8-6-15(2)7-9-16/h4-14,21,23H,3H2,1-2H3,(H,24,26)/t21-/m1/s1. The third-order valence-electron chi connectivity index (χ3n) is 4.09. The Morgan fingerprint density at radius 2 is 1.75 bits per heavy atom. The molecule has 1 amide bonds. The molecule has 1 atom stereocenters. The van der Waals surface area contributed by atoms with Gasteiger partial charge in [0.1, 0.15) is 5.75 Å². The van der Waals surface area contributed by atoms with Crippen LogP contribution in [-0.2, 0) is 0 Å². The molecule has 6 heteroatoms. The number of carbonyl (C=O) groups excluding carboxylic acids is 2. The van der Waals surface area contributed by atoms with Crippen LogP contribution in [0.3, 0.4) is 0 Å². The van der Waals surface area contributed by atoms with Crippen LogP contribution in [0.1, 0.15) is 32.5 Å². The van der Waals surface area contributed by atoms with E-state index in [9.17, 15) is 9.59 Å². The monoisotopic (exact) mass is 394 g/mol. The number of aryl methyl sites for hydroxylation is 1. The third-order valence-corrected chi connectivity index (χ3v) is 4.96. The summed E-state index contributed by atoms with van der Waals surface area (Å²) in [6, 6.07) is 18.1. The van der Waals surface area contributed by atoms with E-state index in [4.69, 9.17) is 4.74 Å². The Labute approximate surface area is 168 Å². The van der Waals surface area contributed by atoms with Crippen LogP contribution in [0.5, 0.6) is 5.75 Å². The molecule has 0 fully saturated rings. The summed E-state index contributed by atoms with van der Waals surface area (Å²) in [5, 5.41) is 7.75. The number of rotatable bonds is 8. The van der Waals surface area contributed by atoms with Gasteiger partial charge >= 0.3 is 0 Å². The van der Waals surface area contributed by atoms with Crippen molar-refractivity contribution in [2.75, 3.05) is 11.9 Å². The summed E-state index contributed by atoms with van der Waals surface area (Å²) < 4.78 is 5.44. The van der Waals surface area contributed by atoms with E-state index in [-0.39, 0.29) is 11.7 Å². The van der Waals surface area contributed by atoms with Crippen LogP contribution >= 0.6 is 11.3 Å². The minimum atomic E-state index is -0.893. The average molecular weight is 394 g/mol. The summed E-state index contributed by atoms with van der Waals surface area (Å²) in [7, 11) is 0. The van der Waals surface area contributed by atoms with Gasteiger partial charge in [-0.05, 0) is 49.6 Å². The Bertz CT molecular complexity index is 919. The highest BCUT2D eigenvalue weighted by Crippen LogP contribution is 2.18. The molecule has 0 saturated heterocycles. The highest BCUT2D eigenvalue weighted by molar-refractivity contribution is 7.12. The molecule has 0 radical (unpaired) electrons. The van der Waals surface area contributed by atoms with Crippen LogP contribution < -0.4 is 15.4 Å². The number of ketones is 1. The second-order valence-corrected chi connectivity index (χ2v) is 7.16. The highest BCUT2D eigenvalue weighted by atomic mass is 32.1. The van der Waals surface area contributed by atoms with Crippen molar-refractivity contribution in [3.05, 3.63) is 82.0 Å². The summed E-state index contributed by atoms with van der Waals surface area (Å²) in [5.41, 5.74) is 2.30. The van der Waals surface area contributed by atoms with E-state index in [0.29, 0.717) is 22.7 Å². The van der Waals surface area contributed by atoms with E-state index in [0.717, 1.165) is 11.3 Å². The van der Waals surface area contributed by atoms with E-state index in [1.54, 1.807) is 24.3 Å². The first-order valence-corrected chi connectivity index (χ1v) is 9.89. The summed E-state index contributed by atoms with van der Waals surface area (Å²) in [6.45, 7) is 4.46. The fraction of sp³-hybridized carbons (Fsp3) is 0.182. The topological polar surface area (TPSA) is 67.4 Å². The molecule has 0 saturated carbocycles. The van der Waals surface area contributed by atoms with Crippen LogP contribution in [-0.4, -0.2) is 24.5 Å². The molecular formula is C22H22N2O3S. The van der Waals surface area contributed by atoms with Gasteiger partial charge in [0, 0.05) is 11.3 Å². The van der Waals surface area contributed by atoms with Crippen LogP contribution in [0.25, 0.3) is 0 Å². The Morgan fingerprint density at radius 3 is 2.36 bits per heavy atom. The first-order valence-electron chi connectivity index (χ1n) is 9.01. The molecular weight excluding hydrogens is 372 g/mol. The number of anilines is 1. The molecule has 0 aliphatic carbocycles. The van der Waals surface area contributed by atoms with Crippen LogP contribution in [0, 0.1) is 6.92 Å². The van der Waals surface area contributed by atoms with Crippen LogP contribution in [0.2, 0.25) is 0 Å². The number of thiophene rings is 1. The number of benzene rings is 2. The molecule has 0 unspecified atom stereocenters. The number of amides is 1. The highest BCUT2D eigenvalue weighted by Gasteiger charge is 2.23. The predicted octanol–water partition coefficient (Wildman–Crippen LogP) is 4.51. The molecule has 2 aromatic carbocycles. The molecule has 3 aromatic rings. The molecule has 1 aromatic heterocycles. The fourth-order valence-corrected chi connectivity index (χ4v) is 3.27. The van der Waals surface area contributed by atoms with Gasteiger partial charge in [-0.15, -0.1) is 11.3 Å². The van der Waals surface area contributed by atoms with Gasteiger partial charge in [0.05, 0.1) is 11.5 Å². The number of hydrogen-bond acceptors (Lipinski definition) is 5. The van der Waals surface area contributed by atoms with Crippen molar-refractivity contribution < 1.29 is 14.3 Å². The number of carbonyl (C=O) groups is 2. The first-order chi connectivity index (χ1) is 13.6. The second-order valence-electron chi connectivity index (χ2n) is 6.22. The fourth-order valence-electron chi connectivity index (χ4n) is 2.64. The molecule has 2 N–H and O–H groups in total. The van der Waals surface area contributed by atoms with Gasteiger partial charge in [0.15, 0.2) is 6.17 Å². The van der Waals surface area contributed by atoms with E-state index < -0.39 is 6.17 Å². The second kappa shape index (κ2) is 9.19. The van der Waals surface area contributed by atoms with E-state index in [2.05, 4.69) is 10.6 Å². The normalized spacial score (nSPS) is 11.5. The molecule has 5 nitrogen and oxygen atoms in total. The summed E-state index contributed by atoms with van der Waals surface area (Å²) >= 11 is 1.33. The maximum absolute atomic E-state index is 13.0. The smallest absolute Gasteiger partial charge is 0.263 e. The number of nitrogens with one attached hydrogen (secondary N) is 2. The van der Waals surface area contributed by atoms with E-state index >= 15 is 0 Å². The summed E-state index contributed by atoms with van der Waals surface area (Å²) in [4.78, 5) is 26.1. The lowest BCUT2D eigenvalue weighted by Gasteiger charge is -2.20. The lowest BCUT2D eigenvalue weighted by molar-refractivity contribution is 0.0872. The molecule has 1 heterocycles. The zero-order chi connectivity index (χ0) is 19.9. The Hall–Kier alpha value is -3.12. The quantitative estimate of drug-likeness (QED) is 0.436. The maximum Gasteiger partial charge on any atom is 0.263 e. The maximum atomic E-state index is 13.0. The zero-order valence-corrected chi connectivity index (χ0v) is 16.6. The largest absolute Gasteiger partial charge is 0.494 e.